The first-order chi connectivity index (χ1) is 12.3. The molecule has 1 fully saturated rings. The standard InChI is InChI=1S/C19H19N3O3/c23-18(13-22-8-10-24-11-9-22)20-15-5-3-4-14(12-15)19-21-16-6-1-2-7-17(16)25-19/h1-7,12H,8-11,13H2,(H,20,23). The molecule has 128 valence electrons. The lowest BCUT2D eigenvalue weighted by Gasteiger charge is -2.25. The third-order valence-electron chi connectivity index (χ3n) is 4.16. The summed E-state index contributed by atoms with van der Waals surface area (Å²) in [5.41, 5.74) is 3.14. The van der Waals surface area contributed by atoms with E-state index in [-0.39, 0.29) is 5.91 Å². The van der Waals surface area contributed by atoms with Gasteiger partial charge in [0.15, 0.2) is 5.58 Å². The van der Waals surface area contributed by atoms with Crippen molar-refractivity contribution >= 4 is 22.7 Å². The van der Waals surface area contributed by atoms with Crippen LogP contribution in [0.15, 0.2) is 52.9 Å². The fourth-order valence-electron chi connectivity index (χ4n) is 2.89. The molecular weight excluding hydrogens is 318 g/mol. The molecule has 4 rings (SSSR count). The van der Waals surface area contributed by atoms with Crippen LogP contribution >= 0.6 is 0 Å². The number of carbonyl (C=O) groups is 1. The Morgan fingerprint density at radius 2 is 1.96 bits per heavy atom. The molecule has 25 heavy (non-hydrogen) atoms. The van der Waals surface area contributed by atoms with E-state index in [1.165, 1.54) is 0 Å². The first-order valence-corrected chi connectivity index (χ1v) is 8.34. The smallest absolute Gasteiger partial charge is 0.238 e. The van der Waals surface area contributed by atoms with Crippen molar-refractivity contribution in [3.63, 3.8) is 0 Å². The van der Waals surface area contributed by atoms with Crippen LogP contribution in [-0.4, -0.2) is 48.6 Å². The molecule has 2 heterocycles. The number of carbonyl (C=O) groups excluding carboxylic acids is 1. The van der Waals surface area contributed by atoms with Crippen molar-refractivity contribution in [3.8, 4) is 11.5 Å². The number of anilines is 1. The van der Waals surface area contributed by atoms with E-state index in [4.69, 9.17) is 9.15 Å². The molecule has 1 N–H and O–H groups in total. The lowest BCUT2D eigenvalue weighted by atomic mass is 10.2. The van der Waals surface area contributed by atoms with Crippen LogP contribution in [0.5, 0.6) is 0 Å². The van der Waals surface area contributed by atoms with E-state index in [1.807, 2.05) is 48.5 Å². The summed E-state index contributed by atoms with van der Waals surface area (Å²) in [6.45, 7) is 3.31. The second kappa shape index (κ2) is 7.04. The summed E-state index contributed by atoms with van der Waals surface area (Å²) in [7, 11) is 0. The van der Waals surface area contributed by atoms with Gasteiger partial charge >= 0.3 is 0 Å². The normalized spacial score (nSPS) is 15.4. The summed E-state index contributed by atoms with van der Waals surface area (Å²) in [4.78, 5) is 18.8. The molecule has 0 atom stereocenters. The van der Waals surface area contributed by atoms with Gasteiger partial charge in [-0.3, -0.25) is 9.69 Å². The Balaban J connectivity index is 1.48. The van der Waals surface area contributed by atoms with Crippen molar-refractivity contribution in [1.29, 1.82) is 0 Å². The van der Waals surface area contributed by atoms with E-state index in [9.17, 15) is 4.79 Å². The van der Waals surface area contributed by atoms with Crippen molar-refractivity contribution in [3.05, 3.63) is 48.5 Å². The summed E-state index contributed by atoms with van der Waals surface area (Å²) < 4.78 is 11.1. The molecule has 1 saturated heterocycles. The molecule has 1 aliphatic heterocycles. The number of ether oxygens (including phenoxy) is 1. The van der Waals surface area contributed by atoms with Crippen LogP contribution in [-0.2, 0) is 9.53 Å². The number of hydrogen-bond acceptors (Lipinski definition) is 5. The van der Waals surface area contributed by atoms with Gasteiger partial charge in [0.2, 0.25) is 11.8 Å². The van der Waals surface area contributed by atoms with Crippen LogP contribution in [0.4, 0.5) is 5.69 Å². The largest absolute Gasteiger partial charge is 0.436 e. The Kier molecular flexibility index (Phi) is 4.45. The number of amides is 1. The Morgan fingerprint density at radius 3 is 2.80 bits per heavy atom. The number of fused-ring (bicyclic) bond motifs is 1. The summed E-state index contributed by atoms with van der Waals surface area (Å²) >= 11 is 0. The topological polar surface area (TPSA) is 67.6 Å². The summed E-state index contributed by atoms with van der Waals surface area (Å²) in [5, 5.41) is 2.94. The summed E-state index contributed by atoms with van der Waals surface area (Å²) in [6, 6.07) is 15.2. The van der Waals surface area contributed by atoms with E-state index in [0.29, 0.717) is 25.6 Å². The molecule has 1 aliphatic rings. The van der Waals surface area contributed by atoms with Gasteiger partial charge in [-0.2, -0.15) is 0 Å². The minimum Gasteiger partial charge on any atom is -0.436 e. The highest BCUT2D eigenvalue weighted by Crippen LogP contribution is 2.26. The predicted octanol–water partition coefficient (Wildman–Crippen LogP) is 2.77. The Hall–Kier alpha value is -2.70. The molecule has 3 aromatic rings. The number of para-hydroxylation sites is 2. The quantitative estimate of drug-likeness (QED) is 0.793. The van der Waals surface area contributed by atoms with E-state index >= 15 is 0 Å². The van der Waals surface area contributed by atoms with Crippen LogP contribution in [0.25, 0.3) is 22.6 Å². The van der Waals surface area contributed by atoms with E-state index in [1.54, 1.807) is 0 Å². The number of nitrogens with zero attached hydrogens (tertiary/aromatic N) is 2. The van der Waals surface area contributed by atoms with E-state index in [2.05, 4.69) is 15.2 Å². The second-order valence-corrected chi connectivity index (χ2v) is 6.00. The maximum Gasteiger partial charge on any atom is 0.238 e. The van der Waals surface area contributed by atoms with Crippen LogP contribution in [0.3, 0.4) is 0 Å². The zero-order chi connectivity index (χ0) is 17.1. The molecule has 0 spiro atoms. The Morgan fingerprint density at radius 1 is 1.12 bits per heavy atom. The Labute approximate surface area is 145 Å². The molecule has 2 aromatic carbocycles. The van der Waals surface area contributed by atoms with Gasteiger partial charge in [-0.25, -0.2) is 4.98 Å². The maximum atomic E-state index is 12.2. The predicted molar refractivity (Wildman–Crippen MR) is 95.3 cm³/mol. The third-order valence-corrected chi connectivity index (χ3v) is 4.16. The molecule has 0 radical (unpaired) electrons. The average molecular weight is 337 g/mol. The lowest BCUT2D eigenvalue weighted by Crippen LogP contribution is -2.41. The van der Waals surface area contributed by atoms with E-state index in [0.717, 1.165) is 35.4 Å². The summed E-state index contributed by atoms with van der Waals surface area (Å²) in [5.74, 6) is 0.516. The van der Waals surface area contributed by atoms with Gasteiger partial charge in [0.25, 0.3) is 0 Å². The molecule has 6 nitrogen and oxygen atoms in total. The molecule has 0 bridgehead atoms. The molecular formula is C19H19N3O3. The van der Waals surface area contributed by atoms with Crippen molar-refractivity contribution in [2.75, 3.05) is 38.2 Å². The first-order valence-electron chi connectivity index (χ1n) is 8.34. The fraction of sp³-hybridized carbons (Fsp3) is 0.263. The molecule has 0 unspecified atom stereocenters. The van der Waals surface area contributed by atoms with Crippen LogP contribution in [0.2, 0.25) is 0 Å². The van der Waals surface area contributed by atoms with Gasteiger partial charge < -0.3 is 14.5 Å². The average Bonchev–Trinajstić information content (AvgIpc) is 3.07. The van der Waals surface area contributed by atoms with Crippen molar-refractivity contribution in [1.82, 2.24) is 9.88 Å². The number of morpholine rings is 1. The number of oxazole rings is 1. The summed E-state index contributed by atoms with van der Waals surface area (Å²) in [6.07, 6.45) is 0. The minimum absolute atomic E-state index is 0.0309. The fourth-order valence-corrected chi connectivity index (χ4v) is 2.89. The van der Waals surface area contributed by atoms with Gasteiger partial charge in [-0.1, -0.05) is 18.2 Å². The zero-order valence-electron chi connectivity index (χ0n) is 13.8. The molecule has 1 aromatic heterocycles. The minimum atomic E-state index is -0.0309. The highest BCUT2D eigenvalue weighted by atomic mass is 16.5. The molecule has 1 amide bonds. The van der Waals surface area contributed by atoms with Crippen LogP contribution < -0.4 is 5.32 Å². The monoisotopic (exact) mass is 337 g/mol. The highest BCUT2D eigenvalue weighted by Gasteiger charge is 2.15. The van der Waals surface area contributed by atoms with E-state index < -0.39 is 0 Å². The number of rotatable bonds is 4. The van der Waals surface area contributed by atoms with Gasteiger partial charge in [0.05, 0.1) is 19.8 Å². The Bertz CT molecular complexity index is 851. The van der Waals surface area contributed by atoms with Crippen LogP contribution in [0.1, 0.15) is 0 Å². The number of benzene rings is 2. The number of nitrogens with one attached hydrogen (secondary N) is 1. The lowest BCUT2D eigenvalue weighted by molar-refractivity contribution is -0.118. The van der Waals surface area contributed by atoms with Crippen molar-refractivity contribution in [2.45, 2.75) is 0 Å². The maximum absolute atomic E-state index is 12.2. The SMILES string of the molecule is O=C(CN1CCOCC1)Nc1cccc(-c2nc3ccccc3o2)c1. The third kappa shape index (κ3) is 3.70. The van der Waals surface area contributed by atoms with Crippen molar-refractivity contribution in [2.24, 2.45) is 0 Å². The van der Waals surface area contributed by atoms with Gasteiger partial charge in [0, 0.05) is 24.3 Å². The molecule has 0 aliphatic carbocycles. The first kappa shape index (κ1) is 15.8. The van der Waals surface area contributed by atoms with Gasteiger partial charge in [-0.05, 0) is 30.3 Å². The second-order valence-electron chi connectivity index (χ2n) is 6.00. The van der Waals surface area contributed by atoms with Gasteiger partial charge in [-0.15, -0.1) is 0 Å². The zero-order valence-corrected chi connectivity index (χ0v) is 13.8. The molecule has 0 saturated carbocycles. The van der Waals surface area contributed by atoms with Gasteiger partial charge in [0.1, 0.15) is 5.52 Å². The number of aromatic nitrogens is 1. The molecule has 6 heteroatoms. The van der Waals surface area contributed by atoms with Crippen molar-refractivity contribution < 1.29 is 13.9 Å². The van der Waals surface area contributed by atoms with Crippen LogP contribution in [0, 0.1) is 0 Å². The highest BCUT2D eigenvalue weighted by molar-refractivity contribution is 5.92. The number of hydrogen-bond donors (Lipinski definition) is 1.